The van der Waals surface area contributed by atoms with Crippen molar-refractivity contribution in [2.45, 2.75) is 6.92 Å². The van der Waals surface area contributed by atoms with Crippen molar-refractivity contribution in [2.24, 2.45) is 0 Å². The van der Waals surface area contributed by atoms with Crippen LogP contribution in [0.3, 0.4) is 0 Å². The number of aryl methyl sites for hydroxylation is 1. The molecule has 5 rings (SSSR count). The third-order valence-electron chi connectivity index (χ3n) is 5.86. The van der Waals surface area contributed by atoms with Gasteiger partial charge in [0.15, 0.2) is 0 Å². The van der Waals surface area contributed by atoms with Crippen LogP contribution in [0.15, 0.2) is 55.2 Å². The molecule has 1 saturated heterocycles. The third kappa shape index (κ3) is 4.72. The number of nitrogens with zero attached hydrogens (tertiary/aromatic N) is 7. The average molecular weight is 508 g/mol. The molecule has 1 aromatic carbocycles. The fourth-order valence-corrected chi connectivity index (χ4v) is 4.18. The van der Waals surface area contributed by atoms with Crippen molar-refractivity contribution in [1.29, 1.82) is 0 Å². The smallest absolute Gasteiger partial charge is 0.274 e. The zero-order valence-electron chi connectivity index (χ0n) is 19.2. The Morgan fingerprint density at radius 3 is 2.42 bits per heavy atom. The Bertz CT molecular complexity index is 1430. The van der Waals surface area contributed by atoms with Gasteiger partial charge in [0.1, 0.15) is 28.8 Å². The van der Waals surface area contributed by atoms with E-state index < -0.39 is 11.6 Å². The van der Waals surface area contributed by atoms with Gasteiger partial charge in [-0.3, -0.25) is 14.8 Å². The molecule has 4 aromatic rings. The van der Waals surface area contributed by atoms with Crippen molar-refractivity contribution in [2.75, 3.05) is 31.1 Å². The van der Waals surface area contributed by atoms with Gasteiger partial charge in [-0.2, -0.15) is 0 Å². The van der Waals surface area contributed by atoms with E-state index in [4.69, 9.17) is 16.6 Å². The molecule has 0 spiro atoms. The SMILES string of the molecule is Cc1cnc(C(=O)N2CCN(c3cnc(-c4ccc(F)cc4F)c(-c4ccncc4Cl)n3)CC2)cn1. The second-order valence-electron chi connectivity index (χ2n) is 8.23. The predicted octanol–water partition coefficient (Wildman–Crippen LogP) is 4.20. The van der Waals surface area contributed by atoms with Crippen molar-refractivity contribution in [1.82, 2.24) is 29.8 Å². The number of rotatable bonds is 4. The first-order valence-electron chi connectivity index (χ1n) is 11.2. The largest absolute Gasteiger partial charge is 0.352 e. The van der Waals surface area contributed by atoms with E-state index in [-0.39, 0.29) is 17.2 Å². The summed E-state index contributed by atoms with van der Waals surface area (Å²) in [5, 5.41) is 0.322. The summed E-state index contributed by atoms with van der Waals surface area (Å²) in [6.45, 7) is 3.73. The summed E-state index contributed by atoms with van der Waals surface area (Å²) in [6.07, 6.45) is 7.61. The molecule has 1 fully saturated rings. The van der Waals surface area contributed by atoms with Gasteiger partial charge in [0.25, 0.3) is 5.91 Å². The highest BCUT2D eigenvalue weighted by Crippen LogP contribution is 2.35. The number of carbonyl (C=O) groups is 1. The Labute approximate surface area is 210 Å². The van der Waals surface area contributed by atoms with Crippen LogP contribution in [0.2, 0.25) is 5.02 Å². The maximum Gasteiger partial charge on any atom is 0.274 e. The molecule has 0 N–H and O–H groups in total. The van der Waals surface area contributed by atoms with Crippen LogP contribution in [0.25, 0.3) is 22.5 Å². The van der Waals surface area contributed by atoms with E-state index in [1.165, 1.54) is 24.5 Å². The van der Waals surface area contributed by atoms with Crippen molar-refractivity contribution in [3.05, 3.63) is 83.3 Å². The number of hydrogen-bond donors (Lipinski definition) is 0. The molecule has 4 heterocycles. The molecule has 36 heavy (non-hydrogen) atoms. The molecule has 8 nitrogen and oxygen atoms in total. The summed E-state index contributed by atoms with van der Waals surface area (Å²) in [5.74, 6) is -1.07. The van der Waals surface area contributed by atoms with E-state index in [1.807, 2.05) is 11.8 Å². The van der Waals surface area contributed by atoms with Gasteiger partial charge in [-0.1, -0.05) is 11.6 Å². The maximum absolute atomic E-state index is 14.7. The lowest BCUT2D eigenvalue weighted by atomic mass is 10.0. The summed E-state index contributed by atoms with van der Waals surface area (Å²) in [7, 11) is 0. The molecule has 1 aliphatic heterocycles. The molecule has 3 aromatic heterocycles. The number of piperazine rings is 1. The summed E-state index contributed by atoms with van der Waals surface area (Å²) >= 11 is 6.39. The summed E-state index contributed by atoms with van der Waals surface area (Å²) in [4.78, 5) is 38.1. The molecule has 0 radical (unpaired) electrons. The highest BCUT2D eigenvalue weighted by Gasteiger charge is 2.25. The minimum absolute atomic E-state index is 0.105. The maximum atomic E-state index is 14.7. The topological polar surface area (TPSA) is 88.0 Å². The van der Waals surface area contributed by atoms with Crippen molar-refractivity contribution >= 4 is 23.3 Å². The van der Waals surface area contributed by atoms with Gasteiger partial charge in [0.2, 0.25) is 0 Å². The first-order valence-corrected chi connectivity index (χ1v) is 11.5. The van der Waals surface area contributed by atoms with Crippen LogP contribution in [-0.2, 0) is 0 Å². The van der Waals surface area contributed by atoms with E-state index in [0.717, 1.165) is 11.8 Å². The monoisotopic (exact) mass is 507 g/mol. The van der Waals surface area contributed by atoms with Crippen LogP contribution < -0.4 is 4.90 Å². The number of aromatic nitrogens is 5. The number of carbonyl (C=O) groups excluding carboxylic acids is 1. The normalized spacial score (nSPS) is 13.7. The lowest BCUT2D eigenvalue weighted by Gasteiger charge is -2.35. The van der Waals surface area contributed by atoms with Crippen molar-refractivity contribution in [3.63, 3.8) is 0 Å². The Morgan fingerprint density at radius 1 is 0.917 bits per heavy atom. The van der Waals surface area contributed by atoms with Crippen molar-refractivity contribution in [3.8, 4) is 22.5 Å². The fourth-order valence-electron chi connectivity index (χ4n) is 3.97. The van der Waals surface area contributed by atoms with Crippen LogP contribution in [0.4, 0.5) is 14.6 Å². The molecular formula is C25H20ClF2N7O. The molecule has 11 heteroatoms. The van der Waals surface area contributed by atoms with Gasteiger partial charge in [0.05, 0.1) is 28.8 Å². The predicted molar refractivity (Wildman–Crippen MR) is 131 cm³/mol. The highest BCUT2D eigenvalue weighted by molar-refractivity contribution is 6.33. The third-order valence-corrected chi connectivity index (χ3v) is 6.17. The Morgan fingerprint density at radius 2 is 1.72 bits per heavy atom. The number of amides is 1. The van der Waals surface area contributed by atoms with Crippen molar-refractivity contribution < 1.29 is 13.6 Å². The number of benzene rings is 1. The van der Waals surface area contributed by atoms with E-state index in [2.05, 4.69) is 19.9 Å². The summed E-state index contributed by atoms with van der Waals surface area (Å²) in [5.41, 5.74) is 2.24. The summed E-state index contributed by atoms with van der Waals surface area (Å²) in [6, 6.07) is 4.96. The van der Waals surface area contributed by atoms with E-state index in [9.17, 15) is 13.6 Å². The molecule has 0 atom stereocenters. The zero-order chi connectivity index (χ0) is 25.2. The number of anilines is 1. The first-order chi connectivity index (χ1) is 17.4. The molecular weight excluding hydrogens is 488 g/mol. The molecule has 182 valence electrons. The van der Waals surface area contributed by atoms with Gasteiger partial charge < -0.3 is 9.80 Å². The van der Waals surface area contributed by atoms with Crippen LogP contribution in [0.1, 0.15) is 16.2 Å². The lowest BCUT2D eigenvalue weighted by Crippen LogP contribution is -2.49. The Balaban J connectivity index is 1.44. The van der Waals surface area contributed by atoms with Gasteiger partial charge >= 0.3 is 0 Å². The van der Waals surface area contributed by atoms with E-state index in [1.54, 1.807) is 29.6 Å². The minimum atomic E-state index is -0.755. The molecule has 0 bridgehead atoms. The van der Waals surface area contributed by atoms with Crippen LogP contribution in [0, 0.1) is 18.6 Å². The molecule has 0 unspecified atom stereocenters. The lowest BCUT2D eigenvalue weighted by molar-refractivity contribution is 0.0740. The van der Waals surface area contributed by atoms with Crippen LogP contribution in [0.5, 0.6) is 0 Å². The molecule has 1 amide bonds. The molecule has 1 aliphatic rings. The second-order valence-corrected chi connectivity index (χ2v) is 8.63. The first kappa shape index (κ1) is 23.7. The second kappa shape index (κ2) is 9.90. The fraction of sp³-hybridized carbons (Fsp3) is 0.200. The number of hydrogen-bond acceptors (Lipinski definition) is 7. The average Bonchev–Trinajstić information content (AvgIpc) is 2.89. The summed E-state index contributed by atoms with van der Waals surface area (Å²) < 4.78 is 28.2. The zero-order valence-corrected chi connectivity index (χ0v) is 20.0. The van der Waals surface area contributed by atoms with Gasteiger partial charge in [-0.15, -0.1) is 0 Å². The van der Waals surface area contributed by atoms with Gasteiger partial charge in [-0.25, -0.2) is 23.7 Å². The van der Waals surface area contributed by atoms with Gasteiger partial charge in [-0.05, 0) is 25.1 Å². The minimum Gasteiger partial charge on any atom is -0.352 e. The van der Waals surface area contributed by atoms with Gasteiger partial charge in [0, 0.05) is 62.0 Å². The standard InChI is InChI=1S/C25H20ClF2N7O/c1-15-11-31-21(13-30-15)25(36)35-8-6-34(7-9-35)22-14-32-23(18-3-2-16(27)10-20(18)28)24(33-22)17-4-5-29-12-19(17)26/h2-5,10-14H,6-9H2,1H3. The van der Waals surface area contributed by atoms with E-state index in [0.29, 0.717) is 54.0 Å². The van der Waals surface area contributed by atoms with E-state index >= 15 is 0 Å². The van der Waals surface area contributed by atoms with Crippen LogP contribution in [-0.4, -0.2) is 61.9 Å². The Kier molecular flexibility index (Phi) is 6.51. The highest BCUT2D eigenvalue weighted by atomic mass is 35.5. The molecule has 0 aliphatic carbocycles. The van der Waals surface area contributed by atoms with Crippen LogP contribution >= 0.6 is 11.6 Å². The quantitative estimate of drug-likeness (QED) is 0.409. The number of pyridine rings is 1. The number of halogens is 3. The molecule has 0 saturated carbocycles. The Hall–Kier alpha value is -4.05.